The van der Waals surface area contributed by atoms with Gasteiger partial charge in [0.05, 0.1) is 13.7 Å². The number of rotatable bonds is 1. The van der Waals surface area contributed by atoms with Gasteiger partial charge in [0.1, 0.15) is 18.1 Å². The zero-order valence-corrected chi connectivity index (χ0v) is 7.94. The molecule has 1 atom stereocenters. The van der Waals surface area contributed by atoms with Crippen molar-refractivity contribution in [3.63, 3.8) is 0 Å². The normalized spacial score (nSPS) is 25.8. The summed E-state index contributed by atoms with van der Waals surface area (Å²) < 4.78 is 9.82. The van der Waals surface area contributed by atoms with Crippen LogP contribution < -0.4 is 0 Å². The van der Waals surface area contributed by atoms with Crippen LogP contribution in [0, 0.1) is 0 Å². The van der Waals surface area contributed by atoms with E-state index >= 15 is 0 Å². The van der Waals surface area contributed by atoms with Crippen molar-refractivity contribution < 1.29 is 19.1 Å². The average Bonchev–Trinajstić information content (AvgIpc) is 2.39. The van der Waals surface area contributed by atoms with E-state index in [1.54, 1.807) is 13.8 Å². The summed E-state index contributed by atoms with van der Waals surface area (Å²) in [6, 6.07) is -0.539. The van der Waals surface area contributed by atoms with Crippen LogP contribution in [-0.4, -0.2) is 42.8 Å². The van der Waals surface area contributed by atoms with Crippen molar-refractivity contribution in [1.82, 2.24) is 4.90 Å². The summed E-state index contributed by atoms with van der Waals surface area (Å²) in [7, 11) is 1.28. The fourth-order valence-corrected chi connectivity index (χ4v) is 1.39. The molecule has 0 aromatic heterocycles. The molecule has 1 rings (SSSR count). The maximum atomic E-state index is 11.3. The van der Waals surface area contributed by atoms with Gasteiger partial charge in [0.15, 0.2) is 0 Å². The minimum absolute atomic E-state index is 0.228. The Kier molecular flexibility index (Phi) is 2.56. The van der Waals surface area contributed by atoms with E-state index in [4.69, 9.17) is 4.74 Å². The first-order chi connectivity index (χ1) is 6.03. The van der Waals surface area contributed by atoms with Crippen molar-refractivity contribution in [3.05, 3.63) is 0 Å². The molecule has 1 unspecified atom stereocenters. The molecule has 1 aliphatic heterocycles. The Bertz CT molecular complexity index is 226. The number of methoxy groups -OCH3 is 1. The molecule has 0 aromatic rings. The zero-order chi connectivity index (χ0) is 10.1. The Labute approximate surface area is 76.6 Å². The second kappa shape index (κ2) is 3.33. The molecule has 5 nitrogen and oxygen atoms in total. The SMILES string of the molecule is COC(=O)N1C(C=O)COC1(C)C. The number of aldehydes is 1. The second-order valence-electron chi connectivity index (χ2n) is 3.30. The molecule has 1 aliphatic rings. The van der Waals surface area contributed by atoms with Gasteiger partial charge >= 0.3 is 6.09 Å². The van der Waals surface area contributed by atoms with Gasteiger partial charge in [-0.1, -0.05) is 0 Å². The Morgan fingerprint density at radius 2 is 2.31 bits per heavy atom. The lowest BCUT2D eigenvalue weighted by molar-refractivity contribution is -0.112. The van der Waals surface area contributed by atoms with Crippen molar-refractivity contribution in [3.8, 4) is 0 Å². The molecule has 0 radical (unpaired) electrons. The Hall–Kier alpha value is -1.10. The molecule has 13 heavy (non-hydrogen) atoms. The zero-order valence-electron chi connectivity index (χ0n) is 7.94. The molecule has 1 amide bonds. The average molecular weight is 187 g/mol. The number of amides is 1. The maximum Gasteiger partial charge on any atom is 0.412 e. The van der Waals surface area contributed by atoms with E-state index in [2.05, 4.69) is 4.74 Å². The highest BCUT2D eigenvalue weighted by Crippen LogP contribution is 2.26. The molecule has 0 aromatic carbocycles. The third-order valence-corrected chi connectivity index (χ3v) is 2.05. The Morgan fingerprint density at radius 3 is 2.77 bits per heavy atom. The van der Waals surface area contributed by atoms with Gasteiger partial charge in [-0.05, 0) is 13.8 Å². The van der Waals surface area contributed by atoms with Gasteiger partial charge in [0.25, 0.3) is 0 Å². The van der Waals surface area contributed by atoms with E-state index in [0.717, 1.165) is 0 Å². The van der Waals surface area contributed by atoms with E-state index in [1.807, 2.05) is 0 Å². The number of nitrogens with zero attached hydrogens (tertiary/aromatic N) is 1. The lowest BCUT2D eigenvalue weighted by atomic mass is 10.2. The van der Waals surface area contributed by atoms with Gasteiger partial charge in [-0.25, -0.2) is 4.79 Å². The van der Waals surface area contributed by atoms with Crippen molar-refractivity contribution >= 4 is 12.4 Å². The standard InChI is InChI=1S/C8H13NO4/c1-8(2)9(7(11)12-3)6(4-10)5-13-8/h4,6H,5H2,1-3H3. The third kappa shape index (κ3) is 1.65. The molecular formula is C8H13NO4. The first kappa shape index (κ1) is 9.98. The molecule has 1 heterocycles. The van der Waals surface area contributed by atoms with Crippen LogP contribution in [0.5, 0.6) is 0 Å². The van der Waals surface area contributed by atoms with Crippen LogP contribution in [0.4, 0.5) is 4.79 Å². The topological polar surface area (TPSA) is 55.8 Å². The number of carbonyl (C=O) groups excluding carboxylic acids is 2. The van der Waals surface area contributed by atoms with Crippen molar-refractivity contribution in [1.29, 1.82) is 0 Å². The van der Waals surface area contributed by atoms with Gasteiger partial charge < -0.3 is 14.3 Å². The molecule has 1 fully saturated rings. The van der Waals surface area contributed by atoms with Crippen LogP contribution in [0.3, 0.4) is 0 Å². The quantitative estimate of drug-likeness (QED) is 0.557. The predicted molar refractivity (Wildman–Crippen MR) is 44.1 cm³/mol. The number of ether oxygens (including phenoxy) is 2. The van der Waals surface area contributed by atoms with E-state index in [1.165, 1.54) is 12.0 Å². The molecule has 0 bridgehead atoms. The van der Waals surface area contributed by atoms with Crippen LogP contribution in [0.2, 0.25) is 0 Å². The van der Waals surface area contributed by atoms with E-state index in [0.29, 0.717) is 6.29 Å². The summed E-state index contributed by atoms with van der Waals surface area (Å²) in [5, 5.41) is 0. The Balaban J connectivity index is 2.86. The van der Waals surface area contributed by atoms with E-state index in [9.17, 15) is 9.59 Å². The van der Waals surface area contributed by atoms with Crippen LogP contribution >= 0.6 is 0 Å². The largest absolute Gasteiger partial charge is 0.453 e. The predicted octanol–water partition coefficient (Wildman–Crippen LogP) is 0.389. The van der Waals surface area contributed by atoms with Gasteiger partial charge in [-0.15, -0.1) is 0 Å². The lowest BCUT2D eigenvalue weighted by Crippen LogP contribution is -2.48. The highest BCUT2D eigenvalue weighted by molar-refractivity contribution is 5.74. The highest BCUT2D eigenvalue weighted by Gasteiger charge is 2.44. The van der Waals surface area contributed by atoms with Crippen molar-refractivity contribution in [2.45, 2.75) is 25.6 Å². The molecule has 1 saturated heterocycles. The molecule has 74 valence electrons. The maximum absolute atomic E-state index is 11.3. The number of hydrogen-bond donors (Lipinski definition) is 0. The van der Waals surface area contributed by atoms with Crippen LogP contribution in [0.25, 0.3) is 0 Å². The monoisotopic (exact) mass is 187 g/mol. The molecule has 0 aliphatic carbocycles. The molecule has 0 spiro atoms. The lowest BCUT2D eigenvalue weighted by Gasteiger charge is -2.30. The first-order valence-electron chi connectivity index (χ1n) is 3.99. The summed E-state index contributed by atoms with van der Waals surface area (Å²) in [6.07, 6.45) is 0.144. The van der Waals surface area contributed by atoms with Crippen LogP contribution in [0.1, 0.15) is 13.8 Å². The fourth-order valence-electron chi connectivity index (χ4n) is 1.39. The third-order valence-electron chi connectivity index (χ3n) is 2.05. The molecule has 0 N–H and O–H groups in total. The van der Waals surface area contributed by atoms with Crippen LogP contribution in [0.15, 0.2) is 0 Å². The first-order valence-corrected chi connectivity index (χ1v) is 3.99. The van der Waals surface area contributed by atoms with E-state index in [-0.39, 0.29) is 6.61 Å². The molecule has 0 saturated carbocycles. The van der Waals surface area contributed by atoms with Gasteiger partial charge in [-0.3, -0.25) is 4.90 Å². The minimum atomic E-state index is -0.765. The smallest absolute Gasteiger partial charge is 0.412 e. The Morgan fingerprint density at radius 1 is 1.69 bits per heavy atom. The van der Waals surface area contributed by atoms with Gasteiger partial charge in [-0.2, -0.15) is 0 Å². The van der Waals surface area contributed by atoms with Crippen LogP contribution in [-0.2, 0) is 14.3 Å². The highest BCUT2D eigenvalue weighted by atomic mass is 16.6. The molecular weight excluding hydrogens is 174 g/mol. The number of hydrogen-bond acceptors (Lipinski definition) is 4. The summed E-state index contributed by atoms with van der Waals surface area (Å²) in [6.45, 7) is 3.66. The summed E-state index contributed by atoms with van der Waals surface area (Å²) in [5.74, 6) is 0. The van der Waals surface area contributed by atoms with Gasteiger partial charge in [0.2, 0.25) is 0 Å². The summed E-state index contributed by atoms with van der Waals surface area (Å²) >= 11 is 0. The number of carbonyl (C=O) groups is 2. The summed E-state index contributed by atoms with van der Waals surface area (Å²) in [5.41, 5.74) is -0.765. The van der Waals surface area contributed by atoms with Crippen molar-refractivity contribution in [2.24, 2.45) is 0 Å². The fraction of sp³-hybridized carbons (Fsp3) is 0.750. The second-order valence-corrected chi connectivity index (χ2v) is 3.30. The van der Waals surface area contributed by atoms with E-state index < -0.39 is 17.9 Å². The van der Waals surface area contributed by atoms with Gasteiger partial charge in [0, 0.05) is 0 Å². The minimum Gasteiger partial charge on any atom is -0.453 e. The molecule has 5 heteroatoms. The van der Waals surface area contributed by atoms with Crippen molar-refractivity contribution in [2.75, 3.05) is 13.7 Å². The summed E-state index contributed by atoms with van der Waals surface area (Å²) in [4.78, 5) is 23.2.